The van der Waals surface area contributed by atoms with Gasteiger partial charge in [0.05, 0.1) is 0 Å². The zero-order valence-electron chi connectivity index (χ0n) is 5.09. The second kappa shape index (κ2) is 4.29. The van der Waals surface area contributed by atoms with Gasteiger partial charge in [0.25, 0.3) is 0 Å². The van der Waals surface area contributed by atoms with Crippen molar-refractivity contribution in [2.24, 2.45) is 5.92 Å². The fourth-order valence-electron chi connectivity index (χ4n) is 0.940. The molecular formula is C6H7O2Y-. The summed E-state index contributed by atoms with van der Waals surface area (Å²) in [6.07, 6.45) is 3.90. The molecule has 3 heteroatoms. The number of hydrogen-bond donors (Lipinski definition) is 0. The van der Waals surface area contributed by atoms with Crippen LogP contribution in [0.4, 0.5) is 0 Å². The van der Waals surface area contributed by atoms with Gasteiger partial charge >= 0.3 is 0 Å². The first kappa shape index (κ1) is 9.44. The SMILES string of the molecule is O=[C-]C1CCCC1=O.[Y]. The van der Waals surface area contributed by atoms with E-state index in [-0.39, 0.29) is 44.4 Å². The predicted octanol–water partition coefficient (Wildman–Crippen LogP) is 0.463. The largest absolute Gasteiger partial charge is 0.541 e. The summed E-state index contributed by atoms with van der Waals surface area (Å²) >= 11 is 0. The summed E-state index contributed by atoms with van der Waals surface area (Å²) in [5, 5.41) is 0. The number of Topliss-reactive ketones (excluding diaryl/α,β-unsaturated/α-hetero) is 1. The van der Waals surface area contributed by atoms with E-state index in [1.54, 1.807) is 6.29 Å². The Morgan fingerprint density at radius 1 is 1.56 bits per heavy atom. The third-order valence-electron chi connectivity index (χ3n) is 1.45. The standard InChI is InChI=1S/C6H7O2.Y/c7-4-5-2-1-3-6(5)8;/h5H,1-3H2;/q-1;. The van der Waals surface area contributed by atoms with Crippen molar-refractivity contribution in [2.75, 3.05) is 0 Å². The second-order valence-corrected chi connectivity index (χ2v) is 2.03. The Morgan fingerprint density at radius 3 is 2.44 bits per heavy atom. The third kappa shape index (κ3) is 2.26. The van der Waals surface area contributed by atoms with E-state index in [1.807, 2.05) is 0 Å². The average Bonchev–Trinajstić information content (AvgIpc) is 2.14. The van der Waals surface area contributed by atoms with E-state index in [0.717, 1.165) is 12.8 Å². The molecule has 1 unspecified atom stereocenters. The van der Waals surface area contributed by atoms with Crippen LogP contribution in [0.15, 0.2) is 0 Å². The van der Waals surface area contributed by atoms with Crippen molar-refractivity contribution in [1.29, 1.82) is 0 Å². The van der Waals surface area contributed by atoms with E-state index in [1.165, 1.54) is 0 Å². The minimum absolute atomic E-state index is 0. The number of hydrogen-bond acceptors (Lipinski definition) is 2. The van der Waals surface area contributed by atoms with Crippen molar-refractivity contribution >= 4 is 12.1 Å². The Kier molecular flexibility index (Phi) is 4.50. The molecule has 0 heterocycles. The second-order valence-electron chi connectivity index (χ2n) is 2.03. The van der Waals surface area contributed by atoms with Crippen LogP contribution < -0.4 is 0 Å². The van der Waals surface area contributed by atoms with E-state index in [0.29, 0.717) is 6.42 Å². The molecule has 1 rings (SSSR count). The van der Waals surface area contributed by atoms with Crippen molar-refractivity contribution in [2.45, 2.75) is 19.3 Å². The minimum Gasteiger partial charge on any atom is -0.541 e. The fraction of sp³-hybridized carbons (Fsp3) is 0.667. The van der Waals surface area contributed by atoms with Crippen molar-refractivity contribution < 1.29 is 42.3 Å². The molecule has 1 aliphatic rings. The number of carbonyl (C=O) groups is 1. The van der Waals surface area contributed by atoms with Crippen LogP contribution in [0.1, 0.15) is 19.3 Å². The molecule has 1 atom stereocenters. The smallest absolute Gasteiger partial charge is 0.109 e. The third-order valence-corrected chi connectivity index (χ3v) is 1.45. The van der Waals surface area contributed by atoms with Crippen LogP contribution in [0.3, 0.4) is 0 Å². The van der Waals surface area contributed by atoms with Crippen LogP contribution in [0.5, 0.6) is 0 Å². The molecule has 47 valence electrons. The Balaban J connectivity index is 0.000000640. The van der Waals surface area contributed by atoms with E-state index in [4.69, 9.17) is 0 Å². The summed E-state index contributed by atoms with van der Waals surface area (Å²) in [7, 11) is 0. The summed E-state index contributed by atoms with van der Waals surface area (Å²) in [6, 6.07) is 0. The monoisotopic (exact) mass is 200 g/mol. The Morgan fingerprint density at radius 2 is 2.22 bits per heavy atom. The molecule has 0 spiro atoms. The van der Waals surface area contributed by atoms with Crippen molar-refractivity contribution in [1.82, 2.24) is 0 Å². The molecule has 0 aromatic rings. The van der Waals surface area contributed by atoms with Gasteiger partial charge in [-0.15, -0.1) is 0 Å². The van der Waals surface area contributed by atoms with Gasteiger partial charge in [-0.3, -0.25) is 6.29 Å². The Hall–Kier alpha value is 0.444. The normalized spacial score (nSPS) is 25.3. The van der Waals surface area contributed by atoms with Gasteiger partial charge in [-0.25, -0.2) is 0 Å². The van der Waals surface area contributed by atoms with Gasteiger partial charge in [0.15, 0.2) is 0 Å². The quantitative estimate of drug-likeness (QED) is 0.455. The summed E-state index contributed by atoms with van der Waals surface area (Å²) in [4.78, 5) is 20.4. The van der Waals surface area contributed by atoms with Crippen molar-refractivity contribution in [3.8, 4) is 0 Å². The Bertz CT molecular complexity index is 122. The summed E-state index contributed by atoms with van der Waals surface area (Å²) in [5.74, 6) is -0.310. The summed E-state index contributed by atoms with van der Waals surface area (Å²) in [5.41, 5.74) is 0. The zero-order chi connectivity index (χ0) is 5.98. The maximum atomic E-state index is 10.5. The van der Waals surface area contributed by atoms with Gasteiger partial charge in [-0.2, -0.15) is 0 Å². The van der Waals surface area contributed by atoms with Crippen LogP contribution in [-0.4, -0.2) is 12.1 Å². The maximum absolute atomic E-state index is 10.5. The minimum atomic E-state index is -0.380. The van der Waals surface area contributed by atoms with Gasteiger partial charge in [-0.1, -0.05) is 12.3 Å². The Labute approximate surface area is 79.3 Å². The molecule has 0 aromatic carbocycles. The molecule has 1 radical (unpaired) electrons. The maximum Gasteiger partial charge on any atom is 0.109 e. The summed E-state index contributed by atoms with van der Waals surface area (Å²) in [6.45, 7) is 0. The average molecular weight is 200 g/mol. The number of rotatable bonds is 1. The van der Waals surface area contributed by atoms with Crippen LogP contribution in [0.2, 0.25) is 0 Å². The van der Waals surface area contributed by atoms with Gasteiger partial charge in [0.1, 0.15) is 5.78 Å². The molecular weight excluding hydrogens is 193 g/mol. The summed E-state index contributed by atoms with van der Waals surface area (Å²) < 4.78 is 0. The molecule has 0 N–H and O–H groups in total. The van der Waals surface area contributed by atoms with Gasteiger partial charge < -0.3 is 9.59 Å². The van der Waals surface area contributed by atoms with Crippen LogP contribution in [0, 0.1) is 5.92 Å². The molecule has 0 aromatic heterocycles. The topological polar surface area (TPSA) is 34.1 Å². The van der Waals surface area contributed by atoms with Gasteiger partial charge in [-0.05, 0) is 6.42 Å². The van der Waals surface area contributed by atoms with E-state index >= 15 is 0 Å². The molecule has 1 saturated carbocycles. The molecule has 0 aliphatic heterocycles. The van der Waals surface area contributed by atoms with Crippen molar-refractivity contribution in [3.63, 3.8) is 0 Å². The predicted molar refractivity (Wildman–Crippen MR) is 28.0 cm³/mol. The molecule has 0 bridgehead atoms. The van der Waals surface area contributed by atoms with Crippen LogP contribution >= 0.6 is 0 Å². The first-order valence-corrected chi connectivity index (χ1v) is 2.75. The number of ketones is 1. The fourth-order valence-corrected chi connectivity index (χ4v) is 0.940. The molecule has 9 heavy (non-hydrogen) atoms. The molecule has 1 fully saturated rings. The van der Waals surface area contributed by atoms with Gasteiger partial charge in [0.2, 0.25) is 0 Å². The van der Waals surface area contributed by atoms with E-state index in [9.17, 15) is 9.59 Å². The first-order valence-electron chi connectivity index (χ1n) is 2.75. The number of carbonyl (C=O) groups excluding carboxylic acids is 2. The van der Waals surface area contributed by atoms with E-state index in [2.05, 4.69) is 0 Å². The molecule has 0 saturated heterocycles. The first-order chi connectivity index (χ1) is 3.84. The van der Waals surface area contributed by atoms with Gasteiger partial charge in [0, 0.05) is 39.1 Å². The van der Waals surface area contributed by atoms with Crippen LogP contribution in [-0.2, 0) is 42.3 Å². The molecule has 0 amide bonds. The zero-order valence-corrected chi connectivity index (χ0v) is 7.93. The van der Waals surface area contributed by atoms with Crippen LogP contribution in [0.25, 0.3) is 0 Å². The van der Waals surface area contributed by atoms with E-state index < -0.39 is 0 Å². The molecule has 1 aliphatic carbocycles. The molecule has 2 nitrogen and oxygen atoms in total. The van der Waals surface area contributed by atoms with Crippen molar-refractivity contribution in [3.05, 3.63) is 0 Å².